The number of amides is 1. The van der Waals surface area contributed by atoms with Crippen LogP contribution in [0.2, 0.25) is 5.02 Å². The van der Waals surface area contributed by atoms with E-state index in [1.54, 1.807) is 24.3 Å². The molecule has 1 aromatic heterocycles. The van der Waals surface area contributed by atoms with E-state index in [1.165, 1.54) is 0 Å². The molecule has 32 heavy (non-hydrogen) atoms. The predicted octanol–water partition coefficient (Wildman–Crippen LogP) is 3.86. The lowest BCUT2D eigenvalue weighted by atomic mass is 10.2. The van der Waals surface area contributed by atoms with Gasteiger partial charge in [-0.2, -0.15) is 0 Å². The fourth-order valence-electron chi connectivity index (χ4n) is 4.07. The first kappa shape index (κ1) is 22.6. The Labute approximate surface area is 193 Å². The second-order valence-corrected chi connectivity index (χ2v) is 8.41. The monoisotopic (exact) mass is 455 g/mol. The molecule has 0 spiro atoms. The molecule has 7 nitrogen and oxygen atoms in total. The number of imidazole rings is 1. The Bertz CT molecular complexity index is 1060. The van der Waals surface area contributed by atoms with Crippen molar-refractivity contribution in [1.82, 2.24) is 19.4 Å². The molecule has 2 heterocycles. The molecule has 1 saturated heterocycles. The maximum Gasteiger partial charge on any atom is 0.262 e. The fourth-order valence-corrected chi connectivity index (χ4v) is 4.20. The number of rotatable bonds is 8. The highest BCUT2D eigenvalue weighted by molar-refractivity contribution is 6.30. The van der Waals surface area contributed by atoms with Gasteiger partial charge in [0.05, 0.1) is 17.6 Å². The average Bonchev–Trinajstić information content (AvgIpc) is 3.15. The van der Waals surface area contributed by atoms with Gasteiger partial charge in [-0.25, -0.2) is 4.98 Å². The number of hydrogen-bond acceptors (Lipinski definition) is 5. The second kappa shape index (κ2) is 10.3. The van der Waals surface area contributed by atoms with Crippen LogP contribution in [-0.2, 0) is 17.9 Å². The van der Waals surface area contributed by atoms with Crippen molar-refractivity contribution in [2.75, 3.05) is 44.6 Å². The smallest absolute Gasteiger partial charge is 0.262 e. The first-order valence-electron chi connectivity index (χ1n) is 11.2. The van der Waals surface area contributed by atoms with Gasteiger partial charge >= 0.3 is 0 Å². The molecule has 0 unspecified atom stereocenters. The number of hydrogen-bond donors (Lipinski definition) is 1. The number of nitrogens with zero attached hydrogens (tertiary/aromatic N) is 4. The van der Waals surface area contributed by atoms with Crippen molar-refractivity contribution in [2.24, 2.45) is 0 Å². The summed E-state index contributed by atoms with van der Waals surface area (Å²) in [6.45, 7) is 11.5. The molecule has 2 aromatic carbocycles. The number of benzene rings is 2. The summed E-state index contributed by atoms with van der Waals surface area (Å²) in [5.41, 5.74) is 2.70. The van der Waals surface area contributed by atoms with Crippen molar-refractivity contribution in [3.05, 3.63) is 53.3 Å². The number of fused-ring (bicyclic) bond motifs is 1. The zero-order valence-electron chi connectivity index (χ0n) is 18.7. The standard InChI is InChI=1S/C24H30ClN5O2/c1-3-28-11-13-29(14-12-28)16-23-27-21-15-19(7-10-22(21)30(23)4-2)26-24(31)17-32-20-8-5-18(25)6-9-20/h5-10,15H,3-4,11-14,16-17H2,1-2H3,(H,26,31). The van der Waals surface area contributed by atoms with Crippen LogP contribution in [0.4, 0.5) is 5.69 Å². The average molecular weight is 456 g/mol. The lowest BCUT2D eigenvalue weighted by Crippen LogP contribution is -2.45. The lowest BCUT2D eigenvalue weighted by Gasteiger charge is -2.33. The molecular weight excluding hydrogens is 426 g/mol. The summed E-state index contributed by atoms with van der Waals surface area (Å²) >= 11 is 5.87. The van der Waals surface area contributed by atoms with Crippen LogP contribution < -0.4 is 10.1 Å². The third-order valence-electron chi connectivity index (χ3n) is 5.89. The number of piperazine rings is 1. The van der Waals surface area contributed by atoms with Crippen LogP contribution in [0.25, 0.3) is 11.0 Å². The van der Waals surface area contributed by atoms with E-state index in [-0.39, 0.29) is 12.5 Å². The Morgan fingerprint density at radius 3 is 2.44 bits per heavy atom. The van der Waals surface area contributed by atoms with Crippen LogP contribution in [0, 0.1) is 0 Å². The van der Waals surface area contributed by atoms with Gasteiger partial charge in [0, 0.05) is 43.4 Å². The minimum Gasteiger partial charge on any atom is -0.484 e. The van der Waals surface area contributed by atoms with Crippen LogP contribution in [-0.4, -0.2) is 64.6 Å². The van der Waals surface area contributed by atoms with E-state index >= 15 is 0 Å². The summed E-state index contributed by atoms with van der Waals surface area (Å²) in [6, 6.07) is 12.8. The molecule has 0 atom stereocenters. The molecule has 0 aliphatic carbocycles. The molecule has 1 fully saturated rings. The quantitative estimate of drug-likeness (QED) is 0.558. The number of ether oxygens (including phenoxy) is 1. The molecule has 1 N–H and O–H groups in total. The van der Waals surface area contributed by atoms with Gasteiger partial charge in [-0.1, -0.05) is 18.5 Å². The Morgan fingerprint density at radius 2 is 1.75 bits per heavy atom. The zero-order chi connectivity index (χ0) is 22.5. The molecule has 0 radical (unpaired) electrons. The van der Waals surface area contributed by atoms with Crippen molar-refractivity contribution in [1.29, 1.82) is 0 Å². The molecule has 4 rings (SSSR count). The molecule has 1 aliphatic rings. The largest absolute Gasteiger partial charge is 0.484 e. The van der Waals surface area contributed by atoms with Crippen molar-refractivity contribution < 1.29 is 9.53 Å². The van der Waals surface area contributed by atoms with Crippen LogP contribution in [0.3, 0.4) is 0 Å². The number of carbonyl (C=O) groups is 1. The minimum absolute atomic E-state index is 0.0714. The molecule has 170 valence electrons. The Morgan fingerprint density at radius 1 is 1.03 bits per heavy atom. The first-order valence-corrected chi connectivity index (χ1v) is 11.6. The highest BCUT2D eigenvalue weighted by atomic mass is 35.5. The van der Waals surface area contributed by atoms with Crippen LogP contribution in [0.1, 0.15) is 19.7 Å². The van der Waals surface area contributed by atoms with Gasteiger partial charge in [-0.3, -0.25) is 9.69 Å². The number of halogens is 1. The third-order valence-corrected chi connectivity index (χ3v) is 6.14. The molecule has 1 amide bonds. The summed E-state index contributed by atoms with van der Waals surface area (Å²) in [6.07, 6.45) is 0. The fraction of sp³-hybridized carbons (Fsp3) is 0.417. The topological polar surface area (TPSA) is 62.6 Å². The third kappa shape index (κ3) is 5.41. The predicted molar refractivity (Wildman–Crippen MR) is 128 cm³/mol. The highest BCUT2D eigenvalue weighted by Gasteiger charge is 2.19. The summed E-state index contributed by atoms with van der Waals surface area (Å²) in [7, 11) is 0. The molecule has 0 saturated carbocycles. The van der Waals surface area contributed by atoms with Gasteiger partial charge in [0.25, 0.3) is 5.91 Å². The summed E-state index contributed by atoms with van der Waals surface area (Å²) < 4.78 is 7.78. The van der Waals surface area contributed by atoms with Crippen molar-refractivity contribution in [3.63, 3.8) is 0 Å². The van der Waals surface area contributed by atoms with E-state index in [0.29, 0.717) is 16.5 Å². The van der Waals surface area contributed by atoms with E-state index in [1.807, 2.05) is 18.2 Å². The Hall–Kier alpha value is -2.61. The van der Waals surface area contributed by atoms with Crippen LogP contribution in [0.15, 0.2) is 42.5 Å². The van der Waals surface area contributed by atoms with Crippen LogP contribution in [0.5, 0.6) is 5.75 Å². The highest BCUT2D eigenvalue weighted by Crippen LogP contribution is 2.22. The van der Waals surface area contributed by atoms with E-state index in [9.17, 15) is 4.79 Å². The number of anilines is 1. The number of nitrogens with one attached hydrogen (secondary N) is 1. The second-order valence-electron chi connectivity index (χ2n) is 7.98. The molecule has 1 aliphatic heterocycles. The molecular formula is C24H30ClN5O2. The van der Waals surface area contributed by atoms with Crippen molar-refractivity contribution in [3.8, 4) is 5.75 Å². The van der Waals surface area contributed by atoms with E-state index < -0.39 is 0 Å². The van der Waals surface area contributed by atoms with Gasteiger partial charge in [0.15, 0.2) is 6.61 Å². The number of carbonyl (C=O) groups excluding carboxylic acids is 1. The van der Waals surface area contributed by atoms with Gasteiger partial charge in [-0.05, 0) is 55.9 Å². The molecule has 3 aromatic rings. The zero-order valence-corrected chi connectivity index (χ0v) is 19.4. The number of aromatic nitrogens is 2. The Kier molecular flexibility index (Phi) is 7.29. The molecule has 8 heteroatoms. The minimum atomic E-state index is -0.219. The first-order chi connectivity index (χ1) is 15.6. The Balaban J connectivity index is 1.40. The summed E-state index contributed by atoms with van der Waals surface area (Å²) in [5.74, 6) is 1.45. The summed E-state index contributed by atoms with van der Waals surface area (Å²) in [5, 5.41) is 3.53. The van der Waals surface area contributed by atoms with E-state index in [0.717, 1.165) is 62.7 Å². The van der Waals surface area contributed by atoms with Gasteiger partial charge < -0.3 is 19.5 Å². The van der Waals surface area contributed by atoms with Gasteiger partial charge in [0.1, 0.15) is 11.6 Å². The van der Waals surface area contributed by atoms with Crippen LogP contribution >= 0.6 is 11.6 Å². The maximum absolute atomic E-state index is 12.3. The van der Waals surface area contributed by atoms with Crippen molar-refractivity contribution in [2.45, 2.75) is 26.9 Å². The van der Waals surface area contributed by atoms with Crippen molar-refractivity contribution >= 4 is 34.2 Å². The van der Waals surface area contributed by atoms with Gasteiger partial charge in [0.2, 0.25) is 0 Å². The van der Waals surface area contributed by atoms with E-state index in [2.05, 4.69) is 33.5 Å². The molecule has 0 bridgehead atoms. The maximum atomic E-state index is 12.3. The lowest BCUT2D eigenvalue weighted by molar-refractivity contribution is -0.118. The normalized spacial score (nSPS) is 15.2. The van der Waals surface area contributed by atoms with E-state index in [4.69, 9.17) is 21.3 Å². The summed E-state index contributed by atoms with van der Waals surface area (Å²) in [4.78, 5) is 22.2. The number of likely N-dealkylation sites (N-methyl/N-ethyl adjacent to an activating group) is 1. The number of aryl methyl sites for hydroxylation is 1. The SMILES string of the molecule is CCN1CCN(Cc2nc3cc(NC(=O)COc4ccc(Cl)cc4)ccc3n2CC)CC1. The van der Waals surface area contributed by atoms with Gasteiger partial charge in [-0.15, -0.1) is 0 Å².